The molecule has 0 fully saturated rings. The Kier molecular flexibility index (Phi) is 75.3. The Morgan fingerprint density at radius 1 is 0.333 bits per heavy atom. The molecule has 0 aliphatic heterocycles. The van der Waals surface area contributed by atoms with E-state index in [1.165, 1.54) is 89.9 Å². The highest BCUT2D eigenvalue weighted by Gasteiger charge is 2.32. The van der Waals surface area contributed by atoms with E-state index in [9.17, 15) is 68.1 Å². The number of aliphatic hydroxyl groups excluding tert-OH is 4. The number of nitrogens with one attached hydrogen (secondary N) is 4. The molecule has 114 heavy (non-hydrogen) atoms. The molecule has 28 heteroatoms. The quantitative estimate of drug-likeness (QED) is 0.0117. The van der Waals surface area contributed by atoms with E-state index in [0.717, 1.165) is 167 Å². The first-order chi connectivity index (χ1) is 55.0. The number of allylic oxidation sites excluding steroid dienone is 4. The lowest BCUT2D eigenvalue weighted by molar-refractivity contribution is -0.152. The second-order valence-corrected chi connectivity index (χ2v) is 33.8. The minimum atomic E-state index is -4.92. The van der Waals surface area contributed by atoms with Gasteiger partial charge in [0.15, 0.2) is 12.2 Å². The maximum Gasteiger partial charge on any atom is 0.472 e. The molecule has 0 bridgehead atoms. The van der Waals surface area contributed by atoms with Crippen LogP contribution in [-0.2, 0) is 74.9 Å². The van der Waals surface area contributed by atoms with Gasteiger partial charge in [0.1, 0.15) is 12.2 Å². The van der Waals surface area contributed by atoms with Crippen molar-refractivity contribution in [1.29, 1.82) is 0 Å². The van der Waals surface area contributed by atoms with Crippen molar-refractivity contribution in [1.82, 2.24) is 21.3 Å². The molecule has 0 aromatic rings. The van der Waals surface area contributed by atoms with Crippen LogP contribution in [0.15, 0.2) is 24.3 Å². The van der Waals surface area contributed by atoms with Crippen molar-refractivity contribution in [2.24, 2.45) is 0 Å². The van der Waals surface area contributed by atoms with Crippen molar-refractivity contribution in [2.45, 2.75) is 424 Å². The SMILES string of the molecule is CCCCCCC=CCCCC(=O)O[C@H](CCCCCCCCCCC)CC(=O)NC(COCC[C@H](O)CCCCCCC)COP(=O)(O)OCCNC(=O)[C@@H](O)[C@H](O)C(=O)NCCOP(=O)(O)OCC(COCC[C@H](O)CCCCCCC)NC(=O)C[C@@H](CCCCCCCCCCC)OC(=O)CCCC=CCCCCCC. The van der Waals surface area contributed by atoms with Gasteiger partial charge in [0.05, 0.1) is 76.8 Å². The number of ether oxygens (including phenoxy) is 4. The van der Waals surface area contributed by atoms with Gasteiger partial charge in [-0.3, -0.25) is 46.9 Å². The number of phosphoric ester groups is 2. The van der Waals surface area contributed by atoms with Crippen LogP contribution in [0.4, 0.5) is 0 Å². The molecule has 0 aromatic carbocycles. The first-order valence-corrected chi connectivity index (χ1v) is 48.0. The molecule has 0 aliphatic rings. The fourth-order valence-corrected chi connectivity index (χ4v) is 14.4. The first kappa shape index (κ1) is 110. The molecule has 0 radical (unpaired) electrons. The number of phosphoric acid groups is 2. The highest BCUT2D eigenvalue weighted by atomic mass is 31.2. The largest absolute Gasteiger partial charge is 0.472 e. The molecule has 10 N–H and O–H groups in total. The number of carbonyl (C=O) groups excluding carboxylic acids is 6. The van der Waals surface area contributed by atoms with Crippen LogP contribution >= 0.6 is 15.6 Å². The number of amides is 4. The number of carbonyl (C=O) groups is 6. The number of aliphatic hydroxyl groups is 4. The zero-order valence-corrected chi connectivity index (χ0v) is 73.7. The van der Waals surface area contributed by atoms with Crippen LogP contribution in [0.3, 0.4) is 0 Å². The summed E-state index contributed by atoms with van der Waals surface area (Å²) < 4.78 is 70.8. The topological polar surface area (TPSA) is 380 Å². The Bertz CT molecular complexity index is 2320. The van der Waals surface area contributed by atoms with Gasteiger partial charge in [0.2, 0.25) is 11.8 Å². The van der Waals surface area contributed by atoms with Gasteiger partial charge < -0.3 is 70.4 Å². The third-order valence-corrected chi connectivity index (χ3v) is 21.8. The normalized spacial score (nSPS) is 15.0. The van der Waals surface area contributed by atoms with Crippen molar-refractivity contribution in [3.05, 3.63) is 24.3 Å². The van der Waals surface area contributed by atoms with E-state index in [1.54, 1.807) is 0 Å². The summed E-state index contributed by atoms with van der Waals surface area (Å²) in [5.41, 5.74) is 0. The average molecular weight is 1670 g/mol. The second kappa shape index (κ2) is 77.9. The number of rotatable bonds is 85. The molecule has 0 aromatic heterocycles. The van der Waals surface area contributed by atoms with Crippen molar-refractivity contribution < 1.29 is 105 Å². The van der Waals surface area contributed by atoms with E-state index < -0.39 is 139 Å². The number of hydrogen-bond acceptors (Lipinski definition) is 20. The van der Waals surface area contributed by atoms with Crippen molar-refractivity contribution in [2.75, 3.05) is 65.9 Å². The van der Waals surface area contributed by atoms with Crippen LogP contribution in [0, 0.1) is 0 Å². The van der Waals surface area contributed by atoms with Gasteiger partial charge in [0, 0.05) is 39.1 Å². The molecule has 0 aliphatic carbocycles. The second-order valence-electron chi connectivity index (χ2n) is 30.9. The van der Waals surface area contributed by atoms with Gasteiger partial charge >= 0.3 is 27.6 Å². The molecule has 0 saturated carbocycles. The van der Waals surface area contributed by atoms with Crippen molar-refractivity contribution in [3.8, 4) is 0 Å². The summed E-state index contributed by atoms with van der Waals surface area (Å²) >= 11 is 0. The molecule has 0 heterocycles. The lowest BCUT2D eigenvalue weighted by atomic mass is 10.0. The number of hydrogen-bond donors (Lipinski definition) is 10. The van der Waals surface area contributed by atoms with E-state index >= 15 is 0 Å². The smallest absolute Gasteiger partial charge is 0.462 e. The molecular weight excluding hydrogens is 1500 g/mol. The van der Waals surface area contributed by atoms with E-state index in [0.29, 0.717) is 51.4 Å². The Hall–Kier alpha value is -3.72. The van der Waals surface area contributed by atoms with E-state index in [2.05, 4.69) is 87.1 Å². The molecule has 26 nitrogen and oxygen atoms in total. The van der Waals surface area contributed by atoms with Crippen molar-refractivity contribution in [3.63, 3.8) is 0 Å². The fraction of sp³-hybridized carbons (Fsp3) is 0.884. The summed E-state index contributed by atoms with van der Waals surface area (Å²) in [5.74, 6) is -4.39. The summed E-state index contributed by atoms with van der Waals surface area (Å²) in [4.78, 5) is 101. The maximum atomic E-state index is 13.8. The molecule has 4 amide bonds. The van der Waals surface area contributed by atoms with Crippen LogP contribution in [0.2, 0.25) is 0 Å². The Morgan fingerprint density at radius 3 is 0.930 bits per heavy atom. The van der Waals surface area contributed by atoms with Crippen molar-refractivity contribution >= 4 is 51.2 Å². The molecular formula is C86H164N4O22P2. The summed E-state index contributed by atoms with van der Waals surface area (Å²) in [6.45, 7) is 9.28. The highest BCUT2D eigenvalue weighted by molar-refractivity contribution is 7.47. The number of esters is 2. The Labute approximate surface area is 688 Å². The predicted octanol–water partition coefficient (Wildman–Crippen LogP) is 17.3. The molecule has 0 saturated heterocycles. The zero-order valence-electron chi connectivity index (χ0n) is 71.9. The lowest BCUT2D eigenvalue weighted by Gasteiger charge is -2.23. The van der Waals surface area contributed by atoms with E-state index in [1.807, 2.05) is 0 Å². The summed E-state index contributed by atoms with van der Waals surface area (Å²) in [5, 5.41) is 52.5. The van der Waals surface area contributed by atoms with Gasteiger partial charge in [-0.15, -0.1) is 0 Å². The summed E-state index contributed by atoms with van der Waals surface area (Å²) in [6, 6.07) is -2.03. The van der Waals surface area contributed by atoms with Gasteiger partial charge in [0.25, 0.3) is 11.8 Å². The molecule has 0 rings (SSSR count). The molecule has 10 atom stereocenters. The summed E-state index contributed by atoms with van der Waals surface area (Å²) in [6.07, 6.45) is 47.7. The monoisotopic (exact) mass is 1670 g/mol. The van der Waals surface area contributed by atoms with Crippen LogP contribution in [0.5, 0.6) is 0 Å². The maximum absolute atomic E-state index is 13.8. The van der Waals surface area contributed by atoms with Crippen LogP contribution in [0.25, 0.3) is 0 Å². The Morgan fingerprint density at radius 2 is 0.614 bits per heavy atom. The highest BCUT2D eigenvalue weighted by Crippen LogP contribution is 2.44. The minimum Gasteiger partial charge on any atom is -0.462 e. The van der Waals surface area contributed by atoms with Gasteiger partial charge in [-0.05, 0) is 103 Å². The van der Waals surface area contributed by atoms with Crippen LogP contribution in [-0.4, -0.2) is 180 Å². The molecule has 670 valence electrons. The molecule has 0 spiro atoms. The van der Waals surface area contributed by atoms with Gasteiger partial charge in [-0.1, -0.05) is 271 Å². The van der Waals surface area contributed by atoms with E-state index in [4.69, 9.17) is 37.0 Å². The molecule has 4 unspecified atom stereocenters. The van der Waals surface area contributed by atoms with Gasteiger partial charge in [-0.25, -0.2) is 9.13 Å². The summed E-state index contributed by atoms with van der Waals surface area (Å²) in [7, 11) is -9.85. The standard InChI is InChI=1S/C86H164N4O22P2/c1-7-13-19-25-29-33-37-43-49-55-77(111-81(95)57-51-45-39-35-31-27-21-15-9-3)67-79(93)89-73(69-105-63-59-75(91)53-47-41-23-17-11-5)71-109-113(101,102)107-65-61-87-85(99)83(97)84(98)86(100)88-62-66-108-114(103,104)110-72-74(70-106-64-60-76(92)54-48-42-24-18-12-6)90-80(94)68-78(56-50-44-38-34-30-26-20-14-8-2)112-82(96)58-52-46-40-36-32-28-22-16-10-4/h35-36,39-40,73-78,83-84,91-92,97-98H,7-34,37-38,41-72H2,1-6H3,(H,87,99)(H,88,100)(H,89,93)(H,90,94)(H,101,102)(H,103,104)/t73?,74?,75-,76-,77-,78-,83+,84+/m1/s1. The zero-order chi connectivity index (χ0) is 84.2. The third-order valence-electron chi connectivity index (χ3n) is 19.8. The lowest BCUT2D eigenvalue weighted by Crippen LogP contribution is -2.50. The average Bonchev–Trinajstić information content (AvgIpc) is 0.845. The third kappa shape index (κ3) is 71.2. The minimum absolute atomic E-state index is 0.111. The predicted molar refractivity (Wildman–Crippen MR) is 451 cm³/mol. The van der Waals surface area contributed by atoms with Crippen LogP contribution < -0.4 is 21.3 Å². The van der Waals surface area contributed by atoms with Crippen LogP contribution in [0.1, 0.15) is 375 Å². The van der Waals surface area contributed by atoms with E-state index in [-0.39, 0.29) is 52.1 Å². The first-order valence-electron chi connectivity index (χ1n) is 45.0. The Balaban J connectivity index is 5.87. The number of unbranched alkanes of at least 4 members (excludes halogenated alkanes) is 34. The fourth-order valence-electron chi connectivity index (χ4n) is 12.8. The van der Waals surface area contributed by atoms with Gasteiger partial charge in [-0.2, -0.15) is 0 Å².